The smallest absolute Gasteiger partial charge is 0.405 e. The summed E-state index contributed by atoms with van der Waals surface area (Å²) >= 11 is 0. The Morgan fingerprint density at radius 2 is 1.78 bits per heavy atom. The zero-order chi connectivity index (χ0) is 22.7. The standard InChI is InChI=1S/C25H32N4O3/c1-16-13-23(28-25(31)32)22-14-20(7-8-24(22)29(16)17(2)30)19-5-3-18(4-6-19)15-27-21-9-11-26-12-10-21/h3-8,14,16,21,23,26-28H,9-13,15H2,1-2H3,(H,31,32)/t16-,23+/m0/s1. The van der Waals surface area contributed by atoms with Crippen molar-refractivity contribution in [3.05, 3.63) is 53.6 Å². The number of carbonyl (C=O) groups excluding carboxylic acids is 1. The molecule has 2 heterocycles. The SMILES string of the molecule is CC(=O)N1c2ccc(-c3ccc(CNC4CCNCC4)cc3)cc2[C@H](NC(=O)O)C[C@@H]1C. The molecular formula is C25H32N4O3. The third-order valence-corrected chi connectivity index (χ3v) is 6.54. The van der Waals surface area contributed by atoms with Crippen LogP contribution in [0.15, 0.2) is 42.5 Å². The van der Waals surface area contributed by atoms with Crippen LogP contribution in [0.5, 0.6) is 0 Å². The fourth-order valence-electron chi connectivity index (χ4n) is 4.91. The molecule has 1 saturated heterocycles. The van der Waals surface area contributed by atoms with Gasteiger partial charge in [-0.3, -0.25) is 4.79 Å². The molecule has 2 aromatic rings. The average molecular weight is 437 g/mol. The van der Waals surface area contributed by atoms with Crippen LogP contribution in [0.4, 0.5) is 10.5 Å². The first kappa shape index (κ1) is 22.3. The summed E-state index contributed by atoms with van der Waals surface area (Å²) < 4.78 is 0. The van der Waals surface area contributed by atoms with Crippen LogP contribution in [0.3, 0.4) is 0 Å². The Hall–Kier alpha value is -2.90. The van der Waals surface area contributed by atoms with Crippen molar-refractivity contribution in [1.82, 2.24) is 16.0 Å². The van der Waals surface area contributed by atoms with Gasteiger partial charge in [0.25, 0.3) is 0 Å². The van der Waals surface area contributed by atoms with Gasteiger partial charge in [0.05, 0.1) is 6.04 Å². The summed E-state index contributed by atoms with van der Waals surface area (Å²) in [4.78, 5) is 25.4. The van der Waals surface area contributed by atoms with Gasteiger partial charge in [0.15, 0.2) is 0 Å². The van der Waals surface area contributed by atoms with Gasteiger partial charge in [-0.25, -0.2) is 4.79 Å². The maximum atomic E-state index is 12.2. The molecule has 0 aliphatic carbocycles. The lowest BCUT2D eigenvalue weighted by molar-refractivity contribution is -0.117. The second-order valence-corrected chi connectivity index (χ2v) is 8.85. The lowest BCUT2D eigenvalue weighted by atomic mass is 9.89. The van der Waals surface area contributed by atoms with Crippen molar-refractivity contribution in [2.75, 3.05) is 18.0 Å². The van der Waals surface area contributed by atoms with Gasteiger partial charge in [-0.2, -0.15) is 0 Å². The highest BCUT2D eigenvalue weighted by Crippen LogP contribution is 2.39. The highest BCUT2D eigenvalue weighted by Gasteiger charge is 2.33. The van der Waals surface area contributed by atoms with Crippen LogP contribution in [0.2, 0.25) is 0 Å². The van der Waals surface area contributed by atoms with E-state index in [-0.39, 0.29) is 18.0 Å². The van der Waals surface area contributed by atoms with Crippen molar-refractivity contribution < 1.29 is 14.7 Å². The van der Waals surface area contributed by atoms with Gasteiger partial charge in [0.1, 0.15) is 0 Å². The van der Waals surface area contributed by atoms with Crippen LogP contribution < -0.4 is 20.9 Å². The molecule has 4 N–H and O–H groups in total. The quantitative estimate of drug-likeness (QED) is 0.574. The highest BCUT2D eigenvalue weighted by molar-refractivity contribution is 5.94. The molecule has 2 atom stereocenters. The number of nitrogens with zero attached hydrogens (tertiary/aromatic N) is 1. The number of rotatable bonds is 5. The molecule has 1 fully saturated rings. The van der Waals surface area contributed by atoms with Crippen molar-refractivity contribution in [2.24, 2.45) is 0 Å². The fraction of sp³-hybridized carbons (Fsp3) is 0.440. The van der Waals surface area contributed by atoms with Crippen molar-refractivity contribution in [1.29, 1.82) is 0 Å². The van der Waals surface area contributed by atoms with E-state index in [1.54, 1.807) is 11.8 Å². The Morgan fingerprint density at radius 1 is 1.09 bits per heavy atom. The van der Waals surface area contributed by atoms with E-state index in [0.29, 0.717) is 12.5 Å². The van der Waals surface area contributed by atoms with Gasteiger partial charge in [-0.1, -0.05) is 30.3 Å². The summed E-state index contributed by atoms with van der Waals surface area (Å²) in [6, 6.07) is 14.6. The molecule has 0 unspecified atom stereocenters. The second-order valence-electron chi connectivity index (χ2n) is 8.85. The minimum absolute atomic E-state index is 0.0362. The maximum Gasteiger partial charge on any atom is 0.405 e. The summed E-state index contributed by atoms with van der Waals surface area (Å²) in [7, 11) is 0. The van der Waals surface area contributed by atoms with Crippen LogP contribution in [-0.2, 0) is 11.3 Å². The topological polar surface area (TPSA) is 93.7 Å². The number of fused-ring (bicyclic) bond motifs is 1. The number of nitrogens with one attached hydrogen (secondary N) is 3. The van der Waals surface area contributed by atoms with E-state index in [4.69, 9.17) is 0 Å². The number of piperidine rings is 1. The normalized spacial score (nSPS) is 21.1. The summed E-state index contributed by atoms with van der Waals surface area (Å²) in [6.45, 7) is 6.51. The third-order valence-electron chi connectivity index (χ3n) is 6.54. The molecule has 0 aromatic heterocycles. The minimum Gasteiger partial charge on any atom is -0.465 e. The molecule has 32 heavy (non-hydrogen) atoms. The van der Waals surface area contributed by atoms with Gasteiger partial charge in [0.2, 0.25) is 5.91 Å². The number of amides is 2. The van der Waals surface area contributed by atoms with E-state index in [0.717, 1.165) is 54.9 Å². The van der Waals surface area contributed by atoms with E-state index in [1.807, 2.05) is 25.1 Å². The molecule has 7 nitrogen and oxygen atoms in total. The maximum absolute atomic E-state index is 12.2. The van der Waals surface area contributed by atoms with Crippen LogP contribution in [0.1, 0.15) is 50.3 Å². The molecule has 0 spiro atoms. The first-order valence-corrected chi connectivity index (χ1v) is 11.4. The van der Waals surface area contributed by atoms with Crippen molar-refractivity contribution in [2.45, 2.75) is 57.8 Å². The van der Waals surface area contributed by atoms with Crippen molar-refractivity contribution in [3.63, 3.8) is 0 Å². The lowest BCUT2D eigenvalue weighted by Gasteiger charge is -2.39. The molecule has 2 aliphatic rings. The summed E-state index contributed by atoms with van der Waals surface area (Å²) in [5, 5.41) is 19.0. The Morgan fingerprint density at radius 3 is 2.44 bits per heavy atom. The Bertz CT molecular complexity index is 970. The Labute approximate surface area is 189 Å². The van der Waals surface area contributed by atoms with Crippen LogP contribution in [0.25, 0.3) is 11.1 Å². The molecule has 4 rings (SSSR count). The predicted octanol–water partition coefficient (Wildman–Crippen LogP) is 3.65. The first-order chi connectivity index (χ1) is 15.4. The summed E-state index contributed by atoms with van der Waals surface area (Å²) in [5.74, 6) is -0.0362. The highest BCUT2D eigenvalue weighted by atomic mass is 16.4. The molecule has 2 amide bonds. The average Bonchev–Trinajstić information content (AvgIpc) is 2.78. The molecule has 2 aliphatic heterocycles. The van der Waals surface area contributed by atoms with Crippen LogP contribution in [0, 0.1) is 0 Å². The molecule has 2 aromatic carbocycles. The lowest BCUT2D eigenvalue weighted by Crippen LogP contribution is -2.45. The fourth-order valence-corrected chi connectivity index (χ4v) is 4.91. The molecule has 0 bridgehead atoms. The number of carboxylic acid groups (broad SMARTS) is 1. The minimum atomic E-state index is -1.06. The predicted molar refractivity (Wildman–Crippen MR) is 126 cm³/mol. The number of hydrogen-bond acceptors (Lipinski definition) is 4. The van der Waals surface area contributed by atoms with Crippen molar-refractivity contribution in [3.8, 4) is 11.1 Å². The van der Waals surface area contributed by atoms with E-state index < -0.39 is 6.09 Å². The van der Waals surface area contributed by atoms with E-state index in [9.17, 15) is 14.7 Å². The van der Waals surface area contributed by atoms with Crippen molar-refractivity contribution >= 4 is 17.7 Å². The molecule has 7 heteroatoms. The zero-order valence-corrected chi connectivity index (χ0v) is 18.7. The molecule has 0 radical (unpaired) electrons. The number of hydrogen-bond donors (Lipinski definition) is 4. The van der Waals surface area contributed by atoms with E-state index >= 15 is 0 Å². The number of anilines is 1. The zero-order valence-electron chi connectivity index (χ0n) is 18.7. The number of carbonyl (C=O) groups is 2. The third kappa shape index (κ3) is 4.95. The summed E-state index contributed by atoms with van der Waals surface area (Å²) in [5.41, 5.74) is 4.95. The monoisotopic (exact) mass is 436 g/mol. The Balaban J connectivity index is 1.55. The molecular weight excluding hydrogens is 404 g/mol. The molecule has 0 saturated carbocycles. The van der Waals surface area contributed by atoms with Gasteiger partial charge >= 0.3 is 6.09 Å². The van der Waals surface area contributed by atoms with Gasteiger partial charge < -0.3 is 26.0 Å². The Kier molecular flexibility index (Phi) is 6.77. The van der Waals surface area contributed by atoms with Crippen LogP contribution in [-0.4, -0.2) is 42.3 Å². The van der Waals surface area contributed by atoms with E-state index in [1.165, 1.54) is 5.56 Å². The van der Waals surface area contributed by atoms with E-state index in [2.05, 4.69) is 40.2 Å². The van der Waals surface area contributed by atoms with Gasteiger partial charge in [0, 0.05) is 31.2 Å². The second kappa shape index (κ2) is 9.71. The van der Waals surface area contributed by atoms with Gasteiger partial charge in [-0.05, 0) is 73.7 Å². The first-order valence-electron chi connectivity index (χ1n) is 11.4. The summed E-state index contributed by atoms with van der Waals surface area (Å²) in [6.07, 6.45) is 1.81. The van der Waals surface area contributed by atoms with Crippen LogP contribution >= 0.6 is 0 Å². The molecule has 170 valence electrons. The van der Waals surface area contributed by atoms with Gasteiger partial charge in [-0.15, -0.1) is 0 Å². The number of benzene rings is 2. The largest absolute Gasteiger partial charge is 0.465 e.